The molecule has 1 aromatic heterocycles. The van der Waals surface area contributed by atoms with Crippen molar-refractivity contribution >= 4 is 5.91 Å². The summed E-state index contributed by atoms with van der Waals surface area (Å²) in [5.74, 6) is 0.119. The molecule has 1 aliphatic rings. The van der Waals surface area contributed by atoms with Gasteiger partial charge in [-0.2, -0.15) is 0 Å². The Labute approximate surface area is 129 Å². The molecule has 0 aliphatic heterocycles. The predicted molar refractivity (Wildman–Crippen MR) is 82.1 cm³/mol. The zero-order valence-corrected chi connectivity index (χ0v) is 12.5. The van der Waals surface area contributed by atoms with Crippen molar-refractivity contribution in [2.24, 2.45) is 0 Å². The molecule has 3 nitrogen and oxygen atoms in total. The van der Waals surface area contributed by atoms with Crippen LogP contribution in [0.25, 0.3) is 0 Å². The third kappa shape index (κ3) is 3.38. The first kappa shape index (κ1) is 14.8. The van der Waals surface area contributed by atoms with E-state index in [0.717, 1.165) is 24.8 Å². The number of benzene rings is 1. The molecule has 0 bridgehead atoms. The van der Waals surface area contributed by atoms with Crippen LogP contribution in [0.4, 0.5) is 4.39 Å². The molecule has 0 atom stereocenters. The van der Waals surface area contributed by atoms with Gasteiger partial charge in [0.2, 0.25) is 0 Å². The Bertz CT molecular complexity index is 601. The van der Waals surface area contributed by atoms with E-state index >= 15 is 0 Å². The number of hydrogen-bond acceptors (Lipinski definition) is 2. The summed E-state index contributed by atoms with van der Waals surface area (Å²) in [7, 11) is 0. The van der Waals surface area contributed by atoms with Crippen molar-refractivity contribution in [1.82, 2.24) is 4.90 Å². The maximum Gasteiger partial charge on any atom is 0.289 e. The van der Waals surface area contributed by atoms with Crippen LogP contribution in [0, 0.1) is 5.82 Å². The highest BCUT2D eigenvalue weighted by atomic mass is 19.1. The Kier molecular flexibility index (Phi) is 4.56. The minimum Gasteiger partial charge on any atom is -0.459 e. The number of carbonyl (C=O) groups is 1. The van der Waals surface area contributed by atoms with Crippen molar-refractivity contribution in [3.05, 3.63) is 59.8 Å². The minimum atomic E-state index is -0.233. The monoisotopic (exact) mass is 301 g/mol. The van der Waals surface area contributed by atoms with Crippen LogP contribution in [0.2, 0.25) is 0 Å². The molecule has 3 rings (SSSR count). The lowest BCUT2D eigenvalue weighted by molar-refractivity contribution is 0.0651. The van der Waals surface area contributed by atoms with E-state index in [4.69, 9.17) is 4.42 Å². The van der Waals surface area contributed by atoms with Gasteiger partial charge in [-0.05, 0) is 49.1 Å². The molecule has 2 aromatic rings. The SMILES string of the molecule is O=C(c1ccco1)N(CCc1ccc(F)cc1)C1CCCC1. The summed E-state index contributed by atoms with van der Waals surface area (Å²) in [6.45, 7) is 0.635. The van der Waals surface area contributed by atoms with Gasteiger partial charge in [-0.3, -0.25) is 4.79 Å². The summed E-state index contributed by atoms with van der Waals surface area (Å²) in [4.78, 5) is 14.6. The first-order valence-corrected chi connectivity index (χ1v) is 7.83. The van der Waals surface area contributed by atoms with Gasteiger partial charge in [0.15, 0.2) is 5.76 Å². The van der Waals surface area contributed by atoms with Crippen molar-refractivity contribution in [2.75, 3.05) is 6.54 Å². The summed E-state index contributed by atoms with van der Waals surface area (Å²) in [6, 6.07) is 10.2. The number of amides is 1. The molecule has 0 radical (unpaired) electrons. The molecule has 1 amide bonds. The van der Waals surface area contributed by atoms with Crippen molar-refractivity contribution in [3.63, 3.8) is 0 Å². The van der Waals surface area contributed by atoms with Crippen molar-refractivity contribution in [3.8, 4) is 0 Å². The molecule has 1 fully saturated rings. The maximum absolute atomic E-state index is 13.0. The lowest BCUT2D eigenvalue weighted by Crippen LogP contribution is -2.40. The standard InChI is InChI=1S/C18H20FNO2/c19-15-9-7-14(8-10-15)11-12-20(16-4-1-2-5-16)18(21)17-6-3-13-22-17/h3,6-10,13,16H,1-2,4-5,11-12H2. The Morgan fingerprint density at radius 1 is 1.18 bits per heavy atom. The van der Waals surface area contributed by atoms with Crippen LogP contribution in [0.1, 0.15) is 41.8 Å². The Balaban J connectivity index is 1.71. The fraction of sp³-hybridized carbons (Fsp3) is 0.389. The first-order chi connectivity index (χ1) is 10.7. The molecule has 0 spiro atoms. The van der Waals surface area contributed by atoms with E-state index in [1.165, 1.54) is 31.2 Å². The molecule has 4 heteroatoms. The topological polar surface area (TPSA) is 33.5 Å². The van der Waals surface area contributed by atoms with Crippen LogP contribution in [0.5, 0.6) is 0 Å². The Morgan fingerprint density at radius 3 is 2.55 bits per heavy atom. The van der Waals surface area contributed by atoms with E-state index in [9.17, 15) is 9.18 Å². The van der Waals surface area contributed by atoms with E-state index in [1.54, 1.807) is 24.3 Å². The van der Waals surface area contributed by atoms with Crippen molar-refractivity contribution in [2.45, 2.75) is 38.1 Å². The molecule has 1 aromatic carbocycles. The normalized spacial score (nSPS) is 15.1. The third-order valence-electron chi connectivity index (χ3n) is 4.31. The van der Waals surface area contributed by atoms with Crippen LogP contribution < -0.4 is 0 Å². The van der Waals surface area contributed by atoms with Crippen LogP contribution in [-0.4, -0.2) is 23.4 Å². The fourth-order valence-corrected chi connectivity index (χ4v) is 3.11. The Hall–Kier alpha value is -2.10. The fourth-order valence-electron chi connectivity index (χ4n) is 3.11. The molecule has 0 saturated heterocycles. The second-order valence-corrected chi connectivity index (χ2v) is 5.79. The van der Waals surface area contributed by atoms with Gasteiger partial charge in [0.1, 0.15) is 5.82 Å². The van der Waals surface area contributed by atoms with Gasteiger partial charge in [0, 0.05) is 12.6 Å². The van der Waals surface area contributed by atoms with Gasteiger partial charge in [-0.1, -0.05) is 25.0 Å². The molecular formula is C18H20FNO2. The number of rotatable bonds is 5. The van der Waals surface area contributed by atoms with Crippen LogP contribution >= 0.6 is 0 Å². The second kappa shape index (κ2) is 6.77. The molecular weight excluding hydrogens is 281 g/mol. The van der Waals surface area contributed by atoms with E-state index in [1.807, 2.05) is 4.90 Å². The van der Waals surface area contributed by atoms with E-state index < -0.39 is 0 Å². The van der Waals surface area contributed by atoms with Gasteiger partial charge in [0.05, 0.1) is 6.26 Å². The molecule has 1 aliphatic carbocycles. The summed E-state index contributed by atoms with van der Waals surface area (Å²) < 4.78 is 18.2. The van der Waals surface area contributed by atoms with Crippen molar-refractivity contribution in [1.29, 1.82) is 0 Å². The van der Waals surface area contributed by atoms with Gasteiger partial charge in [0.25, 0.3) is 5.91 Å². The van der Waals surface area contributed by atoms with Crippen LogP contribution in [0.3, 0.4) is 0 Å². The molecule has 116 valence electrons. The molecule has 1 saturated carbocycles. The quantitative estimate of drug-likeness (QED) is 0.835. The zero-order chi connectivity index (χ0) is 15.4. The Morgan fingerprint density at radius 2 is 1.91 bits per heavy atom. The predicted octanol–water partition coefficient (Wildman–Crippen LogP) is 4.05. The summed E-state index contributed by atoms with van der Waals surface area (Å²) in [6.07, 6.45) is 6.70. The first-order valence-electron chi connectivity index (χ1n) is 7.83. The molecule has 22 heavy (non-hydrogen) atoms. The van der Waals surface area contributed by atoms with E-state index in [2.05, 4.69) is 0 Å². The second-order valence-electron chi connectivity index (χ2n) is 5.79. The number of furan rings is 1. The largest absolute Gasteiger partial charge is 0.459 e. The van der Waals surface area contributed by atoms with E-state index in [0.29, 0.717) is 12.3 Å². The minimum absolute atomic E-state index is 0.0426. The van der Waals surface area contributed by atoms with Gasteiger partial charge >= 0.3 is 0 Å². The highest BCUT2D eigenvalue weighted by molar-refractivity contribution is 5.91. The van der Waals surface area contributed by atoms with Gasteiger partial charge in [-0.15, -0.1) is 0 Å². The van der Waals surface area contributed by atoms with E-state index in [-0.39, 0.29) is 17.8 Å². The average molecular weight is 301 g/mol. The van der Waals surface area contributed by atoms with Crippen molar-refractivity contribution < 1.29 is 13.6 Å². The highest BCUT2D eigenvalue weighted by Gasteiger charge is 2.28. The third-order valence-corrected chi connectivity index (χ3v) is 4.31. The number of carbonyl (C=O) groups excluding carboxylic acids is 1. The summed E-state index contributed by atoms with van der Waals surface area (Å²) in [5, 5.41) is 0. The summed E-state index contributed by atoms with van der Waals surface area (Å²) in [5.41, 5.74) is 1.04. The number of hydrogen-bond donors (Lipinski definition) is 0. The average Bonchev–Trinajstić information content (AvgIpc) is 3.22. The molecule has 1 heterocycles. The summed E-state index contributed by atoms with van der Waals surface area (Å²) >= 11 is 0. The maximum atomic E-state index is 13.0. The lowest BCUT2D eigenvalue weighted by Gasteiger charge is -2.28. The lowest BCUT2D eigenvalue weighted by atomic mass is 10.1. The molecule has 0 N–H and O–H groups in total. The van der Waals surface area contributed by atoms with Crippen LogP contribution in [-0.2, 0) is 6.42 Å². The number of nitrogens with zero attached hydrogens (tertiary/aromatic N) is 1. The smallest absolute Gasteiger partial charge is 0.289 e. The molecule has 0 unspecified atom stereocenters. The highest BCUT2D eigenvalue weighted by Crippen LogP contribution is 2.25. The zero-order valence-electron chi connectivity index (χ0n) is 12.5. The van der Waals surface area contributed by atoms with Gasteiger partial charge in [-0.25, -0.2) is 4.39 Å². The van der Waals surface area contributed by atoms with Crippen LogP contribution in [0.15, 0.2) is 47.1 Å². The van der Waals surface area contributed by atoms with Gasteiger partial charge < -0.3 is 9.32 Å². The number of halogens is 1.